The number of nitrogens with one attached hydrogen (secondary N) is 3. The lowest BCUT2D eigenvalue weighted by molar-refractivity contribution is -0.147. The summed E-state index contributed by atoms with van der Waals surface area (Å²) in [4.78, 5) is 75.2. The van der Waals surface area contributed by atoms with E-state index in [4.69, 9.17) is 11.4 Å². The molecule has 0 aliphatic carbocycles. The van der Waals surface area contributed by atoms with Gasteiger partial charge in [0.2, 0.25) is 17.7 Å². The Morgan fingerprint density at radius 3 is 0.672 bits per heavy atom. The smallest absolute Gasteiger partial charge is 0.551 e. The third-order valence-electron chi connectivity index (χ3n) is 11.7. The highest BCUT2D eigenvalue weighted by Crippen LogP contribution is 2.15. The predicted molar refractivity (Wildman–Crippen MR) is 260 cm³/mol. The van der Waals surface area contributed by atoms with Crippen molar-refractivity contribution in [2.45, 2.75) is 271 Å². The van der Waals surface area contributed by atoms with Gasteiger partial charge in [0, 0.05) is 38.9 Å². The number of hydrogen-bond acceptors (Lipinski definition) is 9. The second kappa shape index (κ2) is 48.3. The molecule has 0 heterocycles. The Morgan fingerprint density at radius 1 is 0.281 bits per heavy atom. The normalized spacial score (nSPS) is 10.9. The average Bonchev–Trinajstić information content (AvgIpc) is 3.26. The van der Waals surface area contributed by atoms with Crippen molar-refractivity contribution in [3.8, 4) is 0 Å². The van der Waals surface area contributed by atoms with Gasteiger partial charge in [-0.05, 0) is 19.3 Å². The van der Waals surface area contributed by atoms with E-state index in [1.165, 1.54) is 154 Å². The largest absolute Gasteiger partial charge is 1.20 e. The molecule has 64 heavy (non-hydrogen) atoms. The third-order valence-corrected chi connectivity index (χ3v) is 13.0. The summed E-state index contributed by atoms with van der Waals surface area (Å²) in [6, 6.07) is 0. The Hall–Kier alpha value is -2.65. The van der Waals surface area contributed by atoms with Crippen molar-refractivity contribution < 1.29 is 40.1 Å². The van der Waals surface area contributed by atoms with Gasteiger partial charge in [0.15, 0.2) is 0 Å². The molecule has 12 nitrogen and oxygen atoms in total. The lowest BCUT2D eigenvalue weighted by atomic mass is 10.1. The van der Waals surface area contributed by atoms with Crippen LogP contribution < -0.4 is 16.0 Å². The van der Waals surface area contributed by atoms with E-state index in [-0.39, 0.29) is 56.6 Å². The Labute approximate surface area is 396 Å². The molecule has 0 atom stereocenters. The maximum absolute atomic E-state index is 12.7. The zero-order valence-electron chi connectivity index (χ0n) is 41.5. The van der Waals surface area contributed by atoms with Gasteiger partial charge in [-0.25, -0.2) is 0 Å². The van der Waals surface area contributed by atoms with Gasteiger partial charge in [-0.1, -0.05) is 213 Å². The van der Waals surface area contributed by atoms with Gasteiger partial charge in [0.1, 0.15) is 0 Å². The molecule has 0 fully saturated rings. The number of unbranched alkanes of at least 4 members (excludes halogenated alkanes) is 30. The molecular formula is C51H96AlN3O9. The first-order valence-electron chi connectivity index (χ1n) is 26.6. The first-order chi connectivity index (χ1) is 31.2. The monoisotopic (exact) mass is 922 g/mol. The fourth-order valence-corrected chi connectivity index (χ4v) is 8.74. The van der Waals surface area contributed by atoms with E-state index >= 15 is 0 Å². The summed E-state index contributed by atoms with van der Waals surface area (Å²) in [7, 11) is 0. The van der Waals surface area contributed by atoms with E-state index in [1.807, 2.05) is 0 Å². The van der Waals surface area contributed by atoms with Crippen molar-refractivity contribution in [1.82, 2.24) is 16.0 Å². The van der Waals surface area contributed by atoms with E-state index in [1.54, 1.807) is 0 Å². The number of rotatable bonds is 48. The Morgan fingerprint density at radius 2 is 0.469 bits per heavy atom. The van der Waals surface area contributed by atoms with Crippen LogP contribution in [0.1, 0.15) is 271 Å². The van der Waals surface area contributed by atoms with E-state index < -0.39 is 33.1 Å². The third kappa shape index (κ3) is 45.9. The first-order valence-corrected chi connectivity index (χ1v) is 28.0. The second-order valence-corrected chi connectivity index (χ2v) is 19.2. The molecule has 0 rings (SSSR count). The van der Waals surface area contributed by atoms with Gasteiger partial charge in [-0.3, -0.25) is 28.8 Å². The van der Waals surface area contributed by atoms with Gasteiger partial charge in [-0.15, -0.1) is 0 Å². The van der Waals surface area contributed by atoms with E-state index in [9.17, 15) is 28.8 Å². The second-order valence-electron chi connectivity index (χ2n) is 17.9. The van der Waals surface area contributed by atoms with Crippen LogP contribution >= 0.6 is 0 Å². The highest BCUT2D eigenvalue weighted by molar-refractivity contribution is 6.44. The van der Waals surface area contributed by atoms with E-state index in [0.717, 1.165) is 57.8 Å². The number of carbonyl (C=O) groups excluding carboxylic acids is 6. The molecule has 0 aromatic rings. The predicted octanol–water partition coefficient (Wildman–Crippen LogP) is 12.2. The number of carbonyl (C=O) groups is 6. The first kappa shape index (κ1) is 61.4. The van der Waals surface area contributed by atoms with Crippen LogP contribution in [0.2, 0.25) is 0 Å². The minimum Gasteiger partial charge on any atom is -0.551 e. The van der Waals surface area contributed by atoms with Crippen molar-refractivity contribution in [3.63, 3.8) is 0 Å². The molecule has 0 unspecified atom stereocenters. The van der Waals surface area contributed by atoms with Crippen LogP contribution in [0, 0.1) is 0 Å². The van der Waals surface area contributed by atoms with E-state index in [2.05, 4.69) is 36.7 Å². The highest BCUT2D eigenvalue weighted by Gasteiger charge is 2.48. The van der Waals surface area contributed by atoms with Crippen LogP contribution in [0.5, 0.6) is 0 Å². The van der Waals surface area contributed by atoms with Crippen LogP contribution in [0.3, 0.4) is 0 Å². The van der Waals surface area contributed by atoms with Crippen LogP contribution in [-0.4, -0.2) is 70.4 Å². The van der Waals surface area contributed by atoms with Crippen molar-refractivity contribution >= 4 is 50.8 Å². The molecule has 0 aliphatic heterocycles. The fourth-order valence-electron chi connectivity index (χ4n) is 7.60. The van der Waals surface area contributed by atoms with Crippen molar-refractivity contribution in [1.29, 1.82) is 0 Å². The van der Waals surface area contributed by atoms with Crippen molar-refractivity contribution in [2.24, 2.45) is 0 Å². The molecule has 0 bridgehead atoms. The van der Waals surface area contributed by atoms with Crippen LogP contribution in [0.4, 0.5) is 0 Å². The molecule has 372 valence electrons. The zero-order valence-corrected chi connectivity index (χ0v) is 42.6. The molecular weight excluding hydrogens is 826 g/mol. The SMILES string of the molecule is CCCCCCCCCCCCCC(=O)NCCC(=O)[O][Al]([O]C(=O)CCNC(=O)CCCCCCCCCCCCC)[O]C(=O)CCNC(=O)CCCCCCCCCCCCC. The topological polar surface area (TPSA) is 166 Å². The lowest BCUT2D eigenvalue weighted by Crippen LogP contribution is -2.37. The van der Waals surface area contributed by atoms with Crippen molar-refractivity contribution in [2.75, 3.05) is 19.6 Å². The summed E-state index contributed by atoms with van der Waals surface area (Å²) in [5.41, 5.74) is 0. The minimum atomic E-state index is -3.63. The molecule has 0 saturated carbocycles. The van der Waals surface area contributed by atoms with Gasteiger partial charge in [-0.2, -0.15) is 0 Å². The maximum atomic E-state index is 12.7. The summed E-state index contributed by atoms with van der Waals surface area (Å²) in [6.07, 6.45) is 39.9. The van der Waals surface area contributed by atoms with Crippen LogP contribution in [0.15, 0.2) is 0 Å². The quantitative estimate of drug-likeness (QED) is 0.0398. The molecule has 3 amide bonds. The lowest BCUT2D eigenvalue weighted by Gasteiger charge is -2.14. The summed E-state index contributed by atoms with van der Waals surface area (Å²) in [5.74, 6) is -2.75. The Bertz CT molecular complexity index is 1020. The van der Waals surface area contributed by atoms with Crippen LogP contribution in [-0.2, 0) is 40.1 Å². The van der Waals surface area contributed by atoms with E-state index in [0.29, 0.717) is 19.3 Å². The van der Waals surface area contributed by atoms with Gasteiger partial charge < -0.3 is 27.3 Å². The fraction of sp³-hybridized carbons (Fsp3) is 0.882. The van der Waals surface area contributed by atoms with Gasteiger partial charge in [0.25, 0.3) is 17.9 Å². The molecule has 0 spiro atoms. The van der Waals surface area contributed by atoms with Gasteiger partial charge >= 0.3 is 15.1 Å². The summed E-state index contributed by atoms with van der Waals surface area (Å²) in [6.45, 7) is 6.80. The zero-order chi connectivity index (χ0) is 47.0. The van der Waals surface area contributed by atoms with Crippen LogP contribution in [0.25, 0.3) is 0 Å². The number of hydrogen-bond donors (Lipinski definition) is 3. The Balaban J connectivity index is 4.60. The highest BCUT2D eigenvalue weighted by atomic mass is 27.3. The molecule has 0 aromatic carbocycles. The summed E-state index contributed by atoms with van der Waals surface area (Å²) in [5, 5.41) is 8.20. The van der Waals surface area contributed by atoms with Crippen molar-refractivity contribution in [3.05, 3.63) is 0 Å². The minimum absolute atomic E-state index is 0.0367. The molecule has 13 heteroatoms. The summed E-state index contributed by atoms with van der Waals surface area (Å²) < 4.78 is 16.0. The molecule has 0 aliphatic rings. The molecule has 0 saturated heterocycles. The number of amides is 3. The maximum Gasteiger partial charge on any atom is 1.20 e. The standard InChI is InChI=1S/3C17H33NO3.Al/c3*1-2-3-4-5-6-7-8-9-10-11-12-13-16(19)18-15-14-17(20)21;/h3*2-15H2,1H3,(H,18,19)(H,20,21);/q;;;+3/p-3. The molecule has 3 N–H and O–H groups in total. The van der Waals surface area contributed by atoms with Gasteiger partial charge in [0.05, 0.1) is 19.3 Å². The average molecular weight is 922 g/mol. The Kier molecular flexibility index (Phi) is 46.3. The molecule has 0 radical (unpaired) electrons. The summed E-state index contributed by atoms with van der Waals surface area (Å²) >= 11 is -3.63. The molecule has 0 aromatic heterocycles.